The average molecular weight is 598 g/mol. The van der Waals surface area contributed by atoms with E-state index in [0.717, 1.165) is 5.46 Å². The van der Waals surface area contributed by atoms with E-state index in [4.69, 9.17) is 18.8 Å². The lowest BCUT2D eigenvalue weighted by Crippen LogP contribution is -2.41. The van der Waals surface area contributed by atoms with E-state index in [0.29, 0.717) is 11.3 Å². The van der Waals surface area contributed by atoms with E-state index in [-0.39, 0.29) is 17.2 Å². The van der Waals surface area contributed by atoms with E-state index in [2.05, 4.69) is 8.37 Å². The van der Waals surface area contributed by atoms with Crippen molar-refractivity contribution in [3.8, 4) is 23.0 Å². The van der Waals surface area contributed by atoms with Crippen LogP contribution in [-0.4, -0.2) is 35.2 Å². The lowest BCUT2D eigenvalue weighted by molar-refractivity contribution is 0.00379. The van der Waals surface area contributed by atoms with Crippen molar-refractivity contribution < 1.29 is 51.8 Å². The quantitative estimate of drug-likeness (QED) is 0.189. The summed E-state index contributed by atoms with van der Waals surface area (Å²) in [4.78, 5) is 0. The van der Waals surface area contributed by atoms with Gasteiger partial charge in [0.1, 0.15) is 23.0 Å². The molecule has 0 spiro atoms. The van der Waals surface area contributed by atoms with Gasteiger partial charge in [0.25, 0.3) is 6.29 Å². The van der Waals surface area contributed by atoms with E-state index >= 15 is 0 Å². The molecule has 1 aliphatic rings. The molecule has 0 N–H and O–H groups in total. The first-order valence-electron chi connectivity index (χ1n) is 11.8. The zero-order valence-corrected chi connectivity index (χ0v) is 23.4. The van der Waals surface area contributed by atoms with Gasteiger partial charge in [-0.1, -0.05) is 19.9 Å². The number of rotatable bonds is 10. The van der Waals surface area contributed by atoms with Gasteiger partial charge >= 0.3 is 28.1 Å². The highest BCUT2D eigenvalue weighted by atomic mass is 32.3. The molecule has 1 fully saturated rings. The fourth-order valence-electron chi connectivity index (χ4n) is 3.57. The van der Waals surface area contributed by atoms with Gasteiger partial charge < -0.3 is 27.1 Å². The normalized spacial score (nSPS) is 17.2. The summed E-state index contributed by atoms with van der Waals surface area (Å²) in [7, 11) is -11.0. The Morgan fingerprint density at radius 1 is 0.625 bits per heavy atom. The molecular formula is C25H25BF2O10S2. The summed E-state index contributed by atoms with van der Waals surface area (Å²) < 4.78 is 101. The van der Waals surface area contributed by atoms with Crippen LogP contribution in [0.1, 0.15) is 39.5 Å². The molecule has 4 rings (SSSR count). The zero-order chi connectivity index (χ0) is 29.3. The molecule has 0 aliphatic carbocycles. The molecule has 1 aliphatic heterocycles. The summed E-state index contributed by atoms with van der Waals surface area (Å²) >= 11 is 0. The first-order chi connectivity index (χ1) is 18.5. The summed E-state index contributed by atoms with van der Waals surface area (Å²) in [6, 6.07) is 17.1. The predicted octanol–water partition coefficient (Wildman–Crippen LogP) is 4.33. The van der Waals surface area contributed by atoms with Crippen molar-refractivity contribution in [2.75, 3.05) is 0 Å². The minimum absolute atomic E-state index is 0.189. The smallest absolute Gasteiger partial charge is 0.451 e. The van der Waals surface area contributed by atoms with Crippen LogP contribution in [0.5, 0.6) is 23.0 Å². The van der Waals surface area contributed by atoms with Crippen LogP contribution in [0.2, 0.25) is 0 Å². The van der Waals surface area contributed by atoms with Crippen LogP contribution < -0.4 is 23.3 Å². The molecule has 1 unspecified atom stereocenters. The van der Waals surface area contributed by atoms with Gasteiger partial charge in [0.15, 0.2) is 0 Å². The molecule has 40 heavy (non-hydrogen) atoms. The van der Waals surface area contributed by atoms with Crippen molar-refractivity contribution in [3.05, 3.63) is 78.4 Å². The largest absolute Gasteiger partial charge is 0.494 e. The third-order valence-electron chi connectivity index (χ3n) is 6.26. The molecule has 1 atom stereocenters. The highest BCUT2D eigenvalue weighted by Gasteiger charge is 2.51. The summed E-state index contributed by atoms with van der Waals surface area (Å²) in [6.45, 7) is 7.78. The van der Waals surface area contributed by atoms with Gasteiger partial charge in [0, 0.05) is 5.56 Å². The summed E-state index contributed by atoms with van der Waals surface area (Å²) in [5.74, 6) is 0.0137. The second-order valence-corrected chi connectivity index (χ2v) is 11.6. The van der Waals surface area contributed by atoms with Crippen molar-refractivity contribution in [3.63, 3.8) is 0 Å². The maximum Gasteiger partial charge on any atom is 0.494 e. The van der Waals surface area contributed by atoms with E-state index in [1.807, 2.05) is 27.7 Å². The number of hydrogen-bond donors (Lipinski definition) is 0. The topological polar surface area (TPSA) is 124 Å². The predicted molar refractivity (Wildman–Crippen MR) is 140 cm³/mol. The van der Waals surface area contributed by atoms with Crippen LogP contribution >= 0.6 is 0 Å². The molecule has 15 heteroatoms. The molecule has 1 heterocycles. The van der Waals surface area contributed by atoms with Gasteiger partial charge in [-0.25, -0.2) is 0 Å². The highest BCUT2D eigenvalue weighted by molar-refractivity contribution is 7.82. The van der Waals surface area contributed by atoms with E-state index in [9.17, 15) is 24.6 Å². The molecule has 0 radical (unpaired) electrons. The van der Waals surface area contributed by atoms with Crippen molar-refractivity contribution >= 4 is 33.6 Å². The summed E-state index contributed by atoms with van der Waals surface area (Å²) in [5, 5.41) is 0. The second kappa shape index (κ2) is 10.9. The Morgan fingerprint density at radius 2 is 0.975 bits per heavy atom. The van der Waals surface area contributed by atoms with Crippen LogP contribution in [0.25, 0.3) is 0 Å². The zero-order valence-electron chi connectivity index (χ0n) is 21.7. The fourth-order valence-corrected chi connectivity index (χ4v) is 4.26. The number of halogens is 2. The molecule has 3 aromatic rings. The van der Waals surface area contributed by atoms with Crippen LogP contribution in [0.4, 0.5) is 7.77 Å². The lowest BCUT2D eigenvalue weighted by atomic mass is 9.79. The Labute approximate surface area is 231 Å². The molecular weight excluding hydrogens is 573 g/mol. The van der Waals surface area contributed by atoms with E-state index in [1.54, 1.807) is 24.3 Å². The molecule has 1 saturated heterocycles. The Morgan fingerprint density at radius 3 is 1.38 bits per heavy atom. The van der Waals surface area contributed by atoms with Crippen molar-refractivity contribution in [1.82, 2.24) is 0 Å². The van der Waals surface area contributed by atoms with Crippen LogP contribution in [0, 0.1) is 0 Å². The monoisotopic (exact) mass is 598 g/mol. The van der Waals surface area contributed by atoms with Gasteiger partial charge in [-0.2, -0.15) is 16.8 Å². The van der Waals surface area contributed by atoms with Crippen LogP contribution in [-0.2, 0) is 30.3 Å². The molecule has 3 aromatic carbocycles. The Hall–Kier alpha value is -3.40. The van der Waals surface area contributed by atoms with Crippen molar-refractivity contribution in [1.29, 1.82) is 0 Å². The SMILES string of the molecule is CC1(C)OB(c2ccc(OC(Oc3ccc(OS(=O)(=O)F)cc3)c3ccc(OS(=O)(=O)F)cc3)cc2)OC1(C)C. The van der Waals surface area contributed by atoms with Gasteiger partial charge in [0.2, 0.25) is 0 Å². The highest BCUT2D eigenvalue weighted by Crippen LogP contribution is 2.36. The molecule has 0 amide bonds. The molecule has 0 bridgehead atoms. The maximum absolute atomic E-state index is 12.9. The van der Waals surface area contributed by atoms with Gasteiger partial charge in [-0.05, 0) is 93.8 Å². The Bertz CT molecular complexity index is 1530. The fraction of sp³-hybridized carbons (Fsp3) is 0.280. The third-order valence-corrected chi connectivity index (χ3v) is 7.04. The van der Waals surface area contributed by atoms with Gasteiger partial charge in [0.05, 0.1) is 11.2 Å². The minimum atomic E-state index is -5.21. The standard InChI is InChI=1S/C25H25BF2O10S2/c1-24(2)25(3,4)38-26(37-24)18-7-11-19(12-8-18)33-23(17-5-9-21(10-6-17)35-39(27,29)30)34-20-13-15-22(16-14-20)36-40(28,31)32/h5-16,23H,1-4H3. The van der Waals surface area contributed by atoms with Crippen molar-refractivity contribution in [2.45, 2.75) is 45.2 Å². The third kappa shape index (κ3) is 7.62. The van der Waals surface area contributed by atoms with Crippen LogP contribution in [0.3, 0.4) is 0 Å². The summed E-state index contributed by atoms with van der Waals surface area (Å²) in [6.07, 6.45) is -1.13. The Kier molecular flexibility index (Phi) is 8.05. The first-order valence-corrected chi connectivity index (χ1v) is 14.4. The molecule has 0 aromatic heterocycles. The van der Waals surface area contributed by atoms with E-state index in [1.165, 1.54) is 48.5 Å². The summed E-state index contributed by atoms with van der Waals surface area (Å²) in [5.41, 5.74) is 0.108. The van der Waals surface area contributed by atoms with Crippen LogP contribution in [0.15, 0.2) is 72.8 Å². The number of ether oxygens (including phenoxy) is 2. The molecule has 0 saturated carbocycles. The maximum atomic E-state index is 12.9. The van der Waals surface area contributed by atoms with Gasteiger partial charge in [-0.15, -0.1) is 0 Å². The lowest BCUT2D eigenvalue weighted by Gasteiger charge is -2.32. The molecule has 214 valence electrons. The molecule has 10 nitrogen and oxygen atoms in total. The minimum Gasteiger partial charge on any atom is -0.451 e. The average Bonchev–Trinajstić information content (AvgIpc) is 3.05. The second-order valence-electron chi connectivity index (χ2n) is 9.72. The number of benzene rings is 3. The van der Waals surface area contributed by atoms with Gasteiger partial charge in [-0.3, -0.25) is 0 Å². The van der Waals surface area contributed by atoms with E-state index < -0.39 is 45.6 Å². The Balaban J connectivity index is 1.55. The van der Waals surface area contributed by atoms with Crippen molar-refractivity contribution in [2.24, 2.45) is 0 Å². The number of hydrogen-bond acceptors (Lipinski definition) is 10. The first kappa shape index (κ1) is 29.6.